The van der Waals surface area contributed by atoms with Gasteiger partial charge < -0.3 is 20.4 Å². The van der Waals surface area contributed by atoms with E-state index in [1.54, 1.807) is 6.07 Å². The summed E-state index contributed by atoms with van der Waals surface area (Å²) in [6.45, 7) is -0.405. The zero-order valence-electron chi connectivity index (χ0n) is 15.2. The van der Waals surface area contributed by atoms with Crippen LogP contribution in [0.3, 0.4) is 0 Å². The van der Waals surface area contributed by atoms with E-state index in [9.17, 15) is 19.1 Å². The van der Waals surface area contributed by atoms with Crippen LogP contribution in [0.5, 0.6) is 0 Å². The molecule has 2 aliphatic heterocycles. The van der Waals surface area contributed by atoms with Gasteiger partial charge in [0.05, 0.1) is 23.9 Å². The number of allylic oxidation sites excluding steroid dienone is 1. The van der Waals surface area contributed by atoms with Gasteiger partial charge in [-0.3, -0.25) is 14.4 Å². The van der Waals surface area contributed by atoms with Crippen molar-refractivity contribution in [2.24, 2.45) is 0 Å². The summed E-state index contributed by atoms with van der Waals surface area (Å²) in [5, 5.41) is 19.9. The van der Waals surface area contributed by atoms with Crippen molar-refractivity contribution < 1.29 is 29.0 Å². The molecule has 1 fully saturated rings. The molecule has 2 amide bonds. The van der Waals surface area contributed by atoms with Crippen molar-refractivity contribution in [2.75, 3.05) is 25.1 Å². The van der Waals surface area contributed by atoms with E-state index in [2.05, 4.69) is 26.7 Å². The Bertz CT molecular complexity index is 840. The first-order valence-electron chi connectivity index (χ1n) is 8.94. The summed E-state index contributed by atoms with van der Waals surface area (Å²) in [5.41, 5.74) is 2.96. The van der Waals surface area contributed by atoms with Gasteiger partial charge in [-0.25, -0.2) is 9.87 Å². The van der Waals surface area contributed by atoms with Crippen LogP contribution in [0.2, 0.25) is 0 Å². The molecule has 0 saturated carbocycles. The molecule has 2 aliphatic rings. The number of nitrogens with zero attached hydrogens (tertiary/aromatic N) is 1. The van der Waals surface area contributed by atoms with Crippen molar-refractivity contribution in [1.82, 2.24) is 10.4 Å². The molecule has 8 nitrogen and oxygen atoms in total. The smallest absolute Gasteiger partial charge is 0.274 e. The van der Waals surface area contributed by atoms with Crippen LogP contribution in [0.4, 0.5) is 10.1 Å². The summed E-state index contributed by atoms with van der Waals surface area (Å²) in [7, 11) is 0. The first kappa shape index (κ1) is 22.0. The van der Waals surface area contributed by atoms with E-state index in [1.807, 2.05) is 0 Å². The highest BCUT2D eigenvalue weighted by Gasteiger charge is 2.45. The van der Waals surface area contributed by atoms with Crippen LogP contribution >= 0.6 is 27.5 Å². The Kier molecular flexibility index (Phi) is 7.12. The molecule has 3 rings (SSSR count). The fourth-order valence-electron chi connectivity index (χ4n) is 3.32. The molecular formula is C18H20BrClFN3O5. The Labute approximate surface area is 179 Å². The number of aliphatic hydroxyl groups is 2. The topological polar surface area (TPSA) is 111 Å². The Hall–Kier alpha value is -1.72. The molecule has 3 unspecified atom stereocenters. The van der Waals surface area contributed by atoms with Gasteiger partial charge in [0.25, 0.3) is 5.91 Å². The summed E-state index contributed by atoms with van der Waals surface area (Å²) < 4.78 is 14.9. The van der Waals surface area contributed by atoms with E-state index in [-0.39, 0.29) is 23.8 Å². The molecule has 3 atom stereocenters. The second-order valence-electron chi connectivity index (χ2n) is 6.68. The minimum absolute atomic E-state index is 0.0885. The lowest BCUT2D eigenvalue weighted by Crippen LogP contribution is -2.52. The maximum atomic E-state index is 14.3. The number of aliphatic hydroxyl groups excluding tert-OH is 2. The second-order valence-corrected chi connectivity index (χ2v) is 8.07. The van der Waals surface area contributed by atoms with Crippen molar-refractivity contribution >= 4 is 45.0 Å². The number of carbonyl (C=O) groups excluding carboxylic acids is 2. The van der Waals surface area contributed by atoms with E-state index in [0.29, 0.717) is 29.6 Å². The van der Waals surface area contributed by atoms with Crippen LogP contribution in [0.15, 0.2) is 33.9 Å². The predicted octanol–water partition coefficient (Wildman–Crippen LogP) is 1.27. The van der Waals surface area contributed by atoms with E-state index >= 15 is 0 Å². The fraction of sp³-hybridized carbons (Fsp3) is 0.444. The van der Waals surface area contributed by atoms with Crippen LogP contribution in [0, 0.1) is 5.82 Å². The number of amides is 2. The molecule has 11 heteroatoms. The van der Waals surface area contributed by atoms with Crippen molar-refractivity contribution in [3.63, 3.8) is 0 Å². The average Bonchev–Trinajstić information content (AvgIpc) is 3.17. The van der Waals surface area contributed by atoms with Gasteiger partial charge in [-0.05, 0) is 31.0 Å². The summed E-state index contributed by atoms with van der Waals surface area (Å²) in [4.78, 5) is 31.9. The number of anilines is 1. The third-order valence-corrected chi connectivity index (χ3v) is 5.61. The van der Waals surface area contributed by atoms with E-state index in [4.69, 9.17) is 21.5 Å². The molecule has 0 radical (unpaired) electrons. The lowest BCUT2D eigenvalue weighted by molar-refractivity contribution is -0.134. The van der Waals surface area contributed by atoms with Crippen molar-refractivity contribution in [1.29, 1.82) is 0 Å². The van der Waals surface area contributed by atoms with Gasteiger partial charge >= 0.3 is 0 Å². The highest BCUT2D eigenvalue weighted by Crippen LogP contribution is 2.36. The van der Waals surface area contributed by atoms with Gasteiger partial charge in [-0.1, -0.05) is 15.9 Å². The van der Waals surface area contributed by atoms with E-state index < -0.39 is 35.9 Å². The molecule has 1 aromatic carbocycles. The molecule has 0 aromatic heterocycles. The maximum Gasteiger partial charge on any atom is 0.274 e. The molecular weight excluding hydrogens is 473 g/mol. The minimum Gasteiger partial charge on any atom is -0.394 e. The monoisotopic (exact) mass is 491 g/mol. The zero-order valence-corrected chi connectivity index (χ0v) is 17.5. The molecule has 0 spiro atoms. The molecule has 0 bridgehead atoms. The van der Waals surface area contributed by atoms with Crippen molar-refractivity contribution in [3.8, 4) is 0 Å². The van der Waals surface area contributed by atoms with Crippen molar-refractivity contribution in [2.45, 2.75) is 30.4 Å². The lowest BCUT2D eigenvalue weighted by Gasteiger charge is -2.36. The van der Waals surface area contributed by atoms with Gasteiger partial charge in [-0.2, -0.15) is 0 Å². The van der Waals surface area contributed by atoms with Crippen LogP contribution in [0.1, 0.15) is 12.8 Å². The summed E-state index contributed by atoms with van der Waals surface area (Å²) >= 11 is 9.54. The van der Waals surface area contributed by atoms with Gasteiger partial charge in [0, 0.05) is 16.7 Å². The number of carbonyl (C=O) groups is 2. The lowest BCUT2D eigenvalue weighted by atomic mass is 9.94. The first-order chi connectivity index (χ1) is 13.8. The molecule has 158 valence electrons. The highest BCUT2D eigenvalue weighted by molar-refractivity contribution is 9.10. The quantitative estimate of drug-likeness (QED) is 0.337. The Morgan fingerprint density at radius 2 is 2.24 bits per heavy atom. The first-order valence-corrected chi connectivity index (χ1v) is 10.2. The number of hydrogen-bond donors (Lipinski definition) is 4. The highest BCUT2D eigenvalue weighted by atomic mass is 79.9. The molecule has 0 aliphatic carbocycles. The summed E-state index contributed by atoms with van der Waals surface area (Å²) in [6, 6.07) is 3.36. The number of hydrogen-bond acceptors (Lipinski definition) is 6. The Morgan fingerprint density at radius 1 is 1.48 bits per heavy atom. The third kappa shape index (κ3) is 4.72. The zero-order chi connectivity index (χ0) is 21.1. The maximum absolute atomic E-state index is 14.3. The van der Waals surface area contributed by atoms with Crippen molar-refractivity contribution in [3.05, 3.63) is 39.8 Å². The Balaban J connectivity index is 1.89. The normalized spacial score (nSPS) is 22.5. The third-order valence-electron chi connectivity index (χ3n) is 4.68. The fourth-order valence-corrected chi connectivity index (χ4v) is 3.96. The van der Waals surface area contributed by atoms with Gasteiger partial charge in [0.15, 0.2) is 0 Å². The number of benzene rings is 1. The average molecular weight is 493 g/mol. The van der Waals surface area contributed by atoms with Gasteiger partial charge in [0.1, 0.15) is 23.9 Å². The standard InChI is InChI=1S/C18H20BrClFN3O5/c19-9-3-4-12(11(21)6-9)22-16-14(17(27)23-29-8-10(26)7-25)13-2-1-5-24(13)18(28)15(16)20/h3-4,6,10,15-16,22,25-26H,1-2,5,7-8H2,(H,23,27). The SMILES string of the molecule is O=C(NOCC(O)CO)C1=C2CCCN2C(=O)C(Cl)C1Nc1ccc(Br)cc1F. The number of hydroxylamine groups is 1. The number of alkyl halides is 1. The number of fused-ring (bicyclic) bond motifs is 1. The van der Waals surface area contributed by atoms with E-state index in [0.717, 1.165) is 0 Å². The predicted molar refractivity (Wildman–Crippen MR) is 106 cm³/mol. The van der Waals surface area contributed by atoms with Gasteiger partial charge in [0.2, 0.25) is 5.91 Å². The summed E-state index contributed by atoms with van der Waals surface area (Å²) in [6.07, 6.45) is -0.000985. The van der Waals surface area contributed by atoms with Crippen LogP contribution in [-0.4, -0.2) is 64.2 Å². The van der Waals surface area contributed by atoms with E-state index in [1.165, 1.54) is 17.0 Å². The number of nitrogens with one attached hydrogen (secondary N) is 2. The Morgan fingerprint density at radius 3 is 2.93 bits per heavy atom. The molecule has 4 N–H and O–H groups in total. The summed E-state index contributed by atoms with van der Waals surface area (Å²) in [5.74, 6) is -1.59. The minimum atomic E-state index is -1.16. The van der Waals surface area contributed by atoms with Crippen LogP contribution in [-0.2, 0) is 14.4 Å². The second kappa shape index (κ2) is 9.40. The number of rotatable bonds is 7. The molecule has 1 saturated heterocycles. The van der Waals surface area contributed by atoms with Crippen LogP contribution in [0.25, 0.3) is 0 Å². The molecule has 2 heterocycles. The van der Waals surface area contributed by atoms with Gasteiger partial charge in [-0.15, -0.1) is 11.6 Å². The molecule has 29 heavy (non-hydrogen) atoms. The molecule has 1 aromatic rings. The number of halogens is 3. The van der Waals surface area contributed by atoms with Crippen LogP contribution < -0.4 is 10.8 Å². The largest absolute Gasteiger partial charge is 0.394 e.